The van der Waals surface area contributed by atoms with E-state index in [9.17, 15) is 0 Å². The minimum Gasteiger partial charge on any atom is -0.382 e. The van der Waals surface area contributed by atoms with Gasteiger partial charge in [0.05, 0.1) is 19.3 Å². The lowest BCUT2D eigenvalue weighted by molar-refractivity contribution is 0.0204. The van der Waals surface area contributed by atoms with Crippen LogP contribution in [0.1, 0.15) is 17.2 Å². The quantitative estimate of drug-likeness (QED) is 0.725. The van der Waals surface area contributed by atoms with Crippen molar-refractivity contribution in [2.45, 2.75) is 13.0 Å². The van der Waals surface area contributed by atoms with Crippen LogP contribution in [0.4, 0.5) is 0 Å². The van der Waals surface area contributed by atoms with E-state index in [0.717, 1.165) is 5.56 Å². The van der Waals surface area contributed by atoms with E-state index in [0.29, 0.717) is 19.8 Å². The molecule has 0 radical (unpaired) electrons. The molecule has 0 aliphatic rings. The van der Waals surface area contributed by atoms with Crippen LogP contribution in [0, 0.1) is 6.92 Å². The summed E-state index contributed by atoms with van der Waals surface area (Å²) < 4.78 is 10.6. The summed E-state index contributed by atoms with van der Waals surface area (Å²) >= 11 is 0. The molecule has 1 aromatic rings. The number of nitrogens with two attached hydrogens (primary N) is 1. The van der Waals surface area contributed by atoms with E-state index in [2.05, 4.69) is 19.1 Å². The Balaban J connectivity index is 2.61. The molecule has 1 rings (SSSR count). The van der Waals surface area contributed by atoms with E-state index < -0.39 is 0 Å². The van der Waals surface area contributed by atoms with E-state index in [1.54, 1.807) is 7.11 Å². The molecule has 0 aliphatic carbocycles. The number of rotatable bonds is 6. The second-order valence-corrected chi connectivity index (χ2v) is 3.44. The number of hydrogen-bond acceptors (Lipinski definition) is 3. The molecule has 0 aromatic heterocycles. The molecule has 1 unspecified atom stereocenters. The molecule has 0 fully saturated rings. The predicted octanol–water partition coefficient (Wildman–Crippen LogP) is 1.66. The van der Waals surface area contributed by atoms with Gasteiger partial charge in [-0.15, -0.1) is 0 Å². The molecule has 3 nitrogen and oxygen atoms in total. The lowest BCUT2D eigenvalue weighted by atomic mass is 10.0. The summed E-state index contributed by atoms with van der Waals surface area (Å²) in [5, 5.41) is 0. The zero-order valence-corrected chi connectivity index (χ0v) is 9.40. The van der Waals surface area contributed by atoms with Gasteiger partial charge >= 0.3 is 0 Å². The Morgan fingerprint density at radius 2 is 2.00 bits per heavy atom. The van der Waals surface area contributed by atoms with Crippen molar-refractivity contribution in [3.63, 3.8) is 0 Å². The lowest BCUT2D eigenvalue weighted by Crippen LogP contribution is -2.18. The fourth-order valence-corrected chi connectivity index (χ4v) is 1.51. The van der Waals surface area contributed by atoms with Crippen LogP contribution < -0.4 is 5.73 Å². The summed E-state index contributed by atoms with van der Waals surface area (Å²) in [5.74, 6) is 0. The highest BCUT2D eigenvalue weighted by Gasteiger charge is 2.11. The first-order valence-corrected chi connectivity index (χ1v) is 5.15. The van der Waals surface area contributed by atoms with Crippen molar-refractivity contribution in [3.05, 3.63) is 35.4 Å². The second-order valence-electron chi connectivity index (χ2n) is 3.44. The standard InChI is InChI=1S/C12H19NO2/c1-10-5-3-4-6-11(10)12(9-13)15-8-7-14-2/h3-6,12H,7-9,13H2,1-2H3. The van der Waals surface area contributed by atoms with E-state index in [1.807, 2.05) is 12.1 Å². The molecule has 15 heavy (non-hydrogen) atoms. The van der Waals surface area contributed by atoms with Gasteiger partial charge in [-0.25, -0.2) is 0 Å². The van der Waals surface area contributed by atoms with Gasteiger partial charge in [0.1, 0.15) is 0 Å². The molecule has 0 saturated heterocycles. The third-order valence-corrected chi connectivity index (χ3v) is 2.36. The molecule has 1 atom stereocenters. The van der Waals surface area contributed by atoms with Gasteiger partial charge in [-0.3, -0.25) is 0 Å². The summed E-state index contributed by atoms with van der Waals surface area (Å²) in [4.78, 5) is 0. The molecular weight excluding hydrogens is 190 g/mol. The topological polar surface area (TPSA) is 44.5 Å². The van der Waals surface area contributed by atoms with Gasteiger partial charge in [0.15, 0.2) is 0 Å². The Hall–Kier alpha value is -0.900. The molecule has 2 N–H and O–H groups in total. The van der Waals surface area contributed by atoms with E-state index >= 15 is 0 Å². The average molecular weight is 209 g/mol. The summed E-state index contributed by atoms with van der Waals surface area (Å²) in [5.41, 5.74) is 8.07. The summed E-state index contributed by atoms with van der Waals surface area (Å²) in [6, 6.07) is 8.14. The highest BCUT2D eigenvalue weighted by Crippen LogP contribution is 2.19. The molecule has 84 valence electrons. The first-order valence-electron chi connectivity index (χ1n) is 5.15. The van der Waals surface area contributed by atoms with Crippen LogP contribution in [0.3, 0.4) is 0 Å². The van der Waals surface area contributed by atoms with E-state index in [-0.39, 0.29) is 6.10 Å². The fourth-order valence-electron chi connectivity index (χ4n) is 1.51. The van der Waals surface area contributed by atoms with Crippen molar-refractivity contribution in [1.82, 2.24) is 0 Å². The van der Waals surface area contributed by atoms with Crippen LogP contribution in [-0.2, 0) is 9.47 Å². The highest BCUT2D eigenvalue weighted by molar-refractivity contribution is 5.27. The normalized spacial score (nSPS) is 12.7. The zero-order chi connectivity index (χ0) is 11.1. The zero-order valence-electron chi connectivity index (χ0n) is 9.40. The Kier molecular flexibility index (Phi) is 5.32. The smallest absolute Gasteiger partial charge is 0.0950 e. The van der Waals surface area contributed by atoms with Gasteiger partial charge in [0.2, 0.25) is 0 Å². The number of methoxy groups -OCH3 is 1. The van der Waals surface area contributed by atoms with Crippen molar-refractivity contribution >= 4 is 0 Å². The molecule has 0 heterocycles. The number of hydrogen-bond donors (Lipinski definition) is 1. The third kappa shape index (κ3) is 3.63. The molecule has 0 bridgehead atoms. The Bertz CT molecular complexity index is 289. The van der Waals surface area contributed by atoms with Crippen molar-refractivity contribution in [3.8, 4) is 0 Å². The van der Waals surface area contributed by atoms with Crippen molar-refractivity contribution in [2.75, 3.05) is 26.9 Å². The van der Waals surface area contributed by atoms with Gasteiger partial charge in [0, 0.05) is 13.7 Å². The molecule has 0 aliphatic heterocycles. The number of aryl methyl sites for hydroxylation is 1. The Morgan fingerprint density at radius 3 is 2.60 bits per heavy atom. The minimum absolute atomic E-state index is 0.0265. The molecule has 0 saturated carbocycles. The first-order chi connectivity index (χ1) is 7.29. The molecule has 3 heteroatoms. The maximum absolute atomic E-state index is 5.69. The Labute approximate surface area is 91.2 Å². The molecular formula is C12H19NO2. The van der Waals surface area contributed by atoms with Gasteiger partial charge in [-0.05, 0) is 18.1 Å². The monoisotopic (exact) mass is 209 g/mol. The summed E-state index contributed by atoms with van der Waals surface area (Å²) in [6.07, 6.45) is -0.0265. The van der Waals surface area contributed by atoms with Crippen molar-refractivity contribution in [1.29, 1.82) is 0 Å². The molecule has 1 aromatic carbocycles. The van der Waals surface area contributed by atoms with Crippen LogP contribution in [0.2, 0.25) is 0 Å². The van der Waals surface area contributed by atoms with Gasteiger partial charge in [-0.2, -0.15) is 0 Å². The van der Waals surface area contributed by atoms with Gasteiger partial charge in [-0.1, -0.05) is 24.3 Å². The van der Waals surface area contributed by atoms with E-state index in [4.69, 9.17) is 15.2 Å². The number of benzene rings is 1. The maximum Gasteiger partial charge on any atom is 0.0950 e. The van der Waals surface area contributed by atoms with Gasteiger partial charge in [0.25, 0.3) is 0 Å². The number of ether oxygens (including phenoxy) is 2. The molecule has 0 spiro atoms. The first kappa shape index (κ1) is 12.2. The second kappa shape index (κ2) is 6.56. The van der Waals surface area contributed by atoms with Crippen LogP contribution in [-0.4, -0.2) is 26.9 Å². The fraction of sp³-hybridized carbons (Fsp3) is 0.500. The summed E-state index contributed by atoms with van der Waals surface area (Å²) in [6.45, 7) is 3.74. The minimum atomic E-state index is -0.0265. The van der Waals surface area contributed by atoms with Crippen LogP contribution in [0.15, 0.2) is 24.3 Å². The maximum atomic E-state index is 5.69. The van der Waals surface area contributed by atoms with Crippen molar-refractivity contribution in [2.24, 2.45) is 5.73 Å². The van der Waals surface area contributed by atoms with Crippen LogP contribution in [0.25, 0.3) is 0 Å². The van der Waals surface area contributed by atoms with Crippen LogP contribution >= 0.6 is 0 Å². The summed E-state index contributed by atoms with van der Waals surface area (Å²) in [7, 11) is 1.66. The average Bonchev–Trinajstić information content (AvgIpc) is 2.26. The third-order valence-electron chi connectivity index (χ3n) is 2.36. The SMILES string of the molecule is COCCOC(CN)c1ccccc1C. The van der Waals surface area contributed by atoms with Crippen molar-refractivity contribution < 1.29 is 9.47 Å². The lowest BCUT2D eigenvalue weighted by Gasteiger charge is -2.18. The largest absolute Gasteiger partial charge is 0.382 e. The van der Waals surface area contributed by atoms with Crippen LogP contribution in [0.5, 0.6) is 0 Å². The Morgan fingerprint density at radius 1 is 1.27 bits per heavy atom. The predicted molar refractivity (Wildman–Crippen MR) is 60.8 cm³/mol. The highest BCUT2D eigenvalue weighted by atomic mass is 16.5. The van der Waals surface area contributed by atoms with E-state index in [1.165, 1.54) is 5.56 Å². The molecule has 0 amide bonds. The van der Waals surface area contributed by atoms with Gasteiger partial charge < -0.3 is 15.2 Å².